The first kappa shape index (κ1) is 14.8. The van der Waals surface area contributed by atoms with Crippen LogP contribution >= 0.6 is 23.2 Å². The summed E-state index contributed by atoms with van der Waals surface area (Å²) in [7, 11) is 0. The van der Waals surface area contributed by atoms with E-state index in [9.17, 15) is 9.59 Å². The van der Waals surface area contributed by atoms with Crippen molar-refractivity contribution in [2.45, 2.75) is 0 Å². The molecule has 1 aliphatic carbocycles. The molecular formula is C14H6Cl2NaO2. The van der Waals surface area contributed by atoms with E-state index in [1.807, 2.05) is 0 Å². The summed E-state index contributed by atoms with van der Waals surface area (Å²) in [5, 5.41) is 0.729. The second-order valence-electron chi connectivity index (χ2n) is 4.01. The predicted octanol–water partition coefficient (Wildman–Crippen LogP) is 3.39. The van der Waals surface area contributed by atoms with Crippen molar-refractivity contribution in [3.8, 4) is 0 Å². The van der Waals surface area contributed by atoms with Crippen LogP contribution in [0.5, 0.6) is 0 Å². The van der Waals surface area contributed by atoms with Crippen LogP contribution in [0.2, 0.25) is 10.0 Å². The molecule has 19 heavy (non-hydrogen) atoms. The summed E-state index contributed by atoms with van der Waals surface area (Å²) in [6.07, 6.45) is 0. The Morgan fingerprint density at radius 3 is 2.26 bits per heavy atom. The van der Waals surface area contributed by atoms with E-state index < -0.39 is 0 Å². The molecule has 2 aromatic carbocycles. The molecule has 0 spiro atoms. The van der Waals surface area contributed by atoms with E-state index in [1.165, 1.54) is 6.07 Å². The van der Waals surface area contributed by atoms with Gasteiger partial charge in [-0.1, -0.05) is 35.3 Å². The molecule has 0 amide bonds. The van der Waals surface area contributed by atoms with Gasteiger partial charge in [-0.3, -0.25) is 9.59 Å². The van der Waals surface area contributed by atoms with Crippen LogP contribution in [0.15, 0.2) is 36.4 Å². The summed E-state index contributed by atoms with van der Waals surface area (Å²) in [6.45, 7) is 0. The van der Waals surface area contributed by atoms with Crippen molar-refractivity contribution in [3.05, 3.63) is 68.7 Å². The summed E-state index contributed by atoms with van der Waals surface area (Å²) in [6, 6.07) is 9.53. The maximum Gasteiger partial charge on any atom is 0.196 e. The summed E-state index contributed by atoms with van der Waals surface area (Å²) >= 11 is 11.9. The molecule has 2 aromatic rings. The number of carbonyl (C=O) groups excluding carboxylic acids is 2. The average Bonchev–Trinajstić information content (AvgIpc) is 2.35. The zero-order valence-corrected chi connectivity index (χ0v) is 13.5. The molecule has 0 aliphatic heterocycles. The molecule has 5 heteroatoms. The Hall–Kier alpha value is -0.640. The molecule has 0 bridgehead atoms. The first-order chi connectivity index (χ1) is 8.59. The summed E-state index contributed by atoms with van der Waals surface area (Å²) in [4.78, 5) is 24.6. The van der Waals surface area contributed by atoms with Gasteiger partial charge >= 0.3 is 0 Å². The molecule has 0 N–H and O–H groups in total. The van der Waals surface area contributed by atoms with Crippen LogP contribution in [-0.2, 0) is 0 Å². The Labute approximate surface area is 142 Å². The van der Waals surface area contributed by atoms with Crippen LogP contribution < -0.4 is 0 Å². The Morgan fingerprint density at radius 2 is 1.53 bits per heavy atom. The van der Waals surface area contributed by atoms with Crippen molar-refractivity contribution >= 4 is 64.3 Å². The molecule has 0 unspecified atom stereocenters. The van der Waals surface area contributed by atoms with Crippen LogP contribution in [0, 0.1) is 0 Å². The van der Waals surface area contributed by atoms with Crippen LogP contribution in [-0.4, -0.2) is 41.1 Å². The molecule has 0 saturated heterocycles. The molecule has 1 aliphatic rings. The van der Waals surface area contributed by atoms with Gasteiger partial charge in [0, 0.05) is 51.3 Å². The number of hydrogen-bond acceptors (Lipinski definition) is 2. The number of rotatable bonds is 0. The van der Waals surface area contributed by atoms with E-state index in [-0.39, 0.29) is 46.7 Å². The number of hydrogen-bond donors (Lipinski definition) is 0. The van der Waals surface area contributed by atoms with Gasteiger partial charge in [0.05, 0.1) is 10.6 Å². The third-order valence-corrected chi connectivity index (χ3v) is 3.51. The van der Waals surface area contributed by atoms with Gasteiger partial charge in [-0.2, -0.15) is 0 Å². The van der Waals surface area contributed by atoms with Gasteiger partial charge in [0.2, 0.25) is 0 Å². The Bertz CT molecular complexity index is 707. The maximum atomic E-state index is 12.3. The van der Waals surface area contributed by atoms with Crippen molar-refractivity contribution in [1.29, 1.82) is 0 Å². The van der Waals surface area contributed by atoms with Crippen molar-refractivity contribution in [1.82, 2.24) is 0 Å². The van der Waals surface area contributed by atoms with Gasteiger partial charge in [0.15, 0.2) is 11.6 Å². The summed E-state index contributed by atoms with van der Waals surface area (Å²) in [5.41, 5.74) is 1.30. The van der Waals surface area contributed by atoms with Crippen LogP contribution in [0.25, 0.3) is 0 Å². The minimum atomic E-state index is -0.234. The quantitative estimate of drug-likeness (QED) is 0.596. The third kappa shape index (κ3) is 2.28. The molecule has 89 valence electrons. The van der Waals surface area contributed by atoms with Gasteiger partial charge in [0.1, 0.15) is 0 Å². The molecule has 3 rings (SSSR count). The fourth-order valence-corrected chi connectivity index (χ4v) is 2.56. The van der Waals surface area contributed by atoms with Crippen molar-refractivity contribution < 1.29 is 9.59 Å². The minimum absolute atomic E-state index is 0. The van der Waals surface area contributed by atoms with Gasteiger partial charge in [-0.15, -0.1) is 0 Å². The first-order valence-electron chi connectivity index (χ1n) is 5.27. The predicted molar refractivity (Wildman–Crippen MR) is 75.5 cm³/mol. The van der Waals surface area contributed by atoms with Crippen LogP contribution in [0.4, 0.5) is 0 Å². The summed E-state index contributed by atoms with van der Waals surface area (Å²) < 4.78 is 0. The minimum Gasteiger partial charge on any atom is -0.289 e. The monoisotopic (exact) mass is 299 g/mol. The zero-order chi connectivity index (χ0) is 12.9. The van der Waals surface area contributed by atoms with Crippen molar-refractivity contribution in [3.63, 3.8) is 0 Å². The Kier molecular flexibility index (Phi) is 4.19. The van der Waals surface area contributed by atoms with Crippen LogP contribution in [0.1, 0.15) is 31.8 Å². The van der Waals surface area contributed by atoms with Gasteiger partial charge in [-0.05, 0) is 24.3 Å². The van der Waals surface area contributed by atoms with E-state index >= 15 is 0 Å². The number of halogens is 2. The average molecular weight is 300 g/mol. The van der Waals surface area contributed by atoms with Crippen molar-refractivity contribution in [2.24, 2.45) is 0 Å². The largest absolute Gasteiger partial charge is 0.289 e. The van der Waals surface area contributed by atoms with E-state index in [1.54, 1.807) is 30.3 Å². The topological polar surface area (TPSA) is 34.1 Å². The van der Waals surface area contributed by atoms with Crippen LogP contribution in [0.3, 0.4) is 0 Å². The Balaban J connectivity index is 0.00000133. The number of ketones is 2. The first-order valence-corrected chi connectivity index (χ1v) is 6.02. The zero-order valence-electron chi connectivity index (χ0n) is 10.0. The molecule has 0 atom stereocenters. The second-order valence-corrected chi connectivity index (χ2v) is 4.85. The van der Waals surface area contributed by atoms with E-state index in [2.05, 4.69) is 0 Å². The number of fused-ring (bicyclic) bond motifs is 2. The van der Waals surface area contributed by atoms with E-state index in [0.29, 0.717) is 26.7 Å². The molecule has 0 saturated carbocycles. The normalized spacial score (nSPS) is 12.5. The molecule has 0 fully saturated rings. The molecule has 0 heterocycles. The Morgan fingerprint density at radius 1 is 0.789 bits per heavy atom. The van der Waals surface area contributed by atoms with E-state index in [0.717, 1.165) is 0 Å². The molecular weight excluding hydrogens is 294 g/mol. The number of carbonyl (C=O) groups is 2. The fourth-order valence-electron chi connectivity index (χ4n) is 2.13. The summed E-state index contributed by atoms with van der Waals surface area (Å²) in [5.74, 6) is -0.452. The smallest absolute Gasteiger partial charge is 0.196 e. The molecule has 1 radical (unpaired) electrons. The second kappa shape index (κ2) is 5.39. The van der Waals surface area contributed by atoms with Crippen molar-refractivity contribution in [2.75, 3.05) is 0 Å². The SMILES string of the molecule is O=C1c2cc(Cl)ccc2C(=O)c2c(Cl)cccc21.[Na]. The molecule has 2 nitrogen and oxygen atoms in total. The van der Waals surface area contributed by atoms with Gasteiger partial charge in [-0.25, -0.2) is 0 Å². The maximum absolute atomic E-state index is 12.3. The van der Waals surface area contributed by atoms with Gasteiger partial charge < -0.3 is 0 Å². The van der Waals surface area contributed by atoms with Gasteiger partial charge in [0.25, 0.3) is 0 Å². The third-order valence-electron chi connectivity index (χ3n) is 2.96. The standard InChI is InChI=1S/C14H6Cl2O2.Na/c15-7-4-5-8-10(6-7)13(17)9-2-1-3-11(16)12(9)14(8)18;/h1-6H;. The molecule has 0 aromatic heterocycles. The fraction of sp³-hybridized carbons (Fsp3) is 0. The number of benzene rings is 2. The van der Waals surface area contributed by atoms with E-state index in [4.69, 9.17) is 23.2 Å².